The first-order chi connectivity index (χ1) is 9.72. The summed E-state index contributed by atoms with van der Waals surface area (Å²) in [5.74, 6) is -0.433. The van der Waals surface area contributed by atoms with E-state index in [0.29, 0.717) is 18.5 Å². The van der Waals surface area contributed by atoms with Crippen LogP contribution in [0.3, 0.4) is 0 Å². The molecule has 1 saturated heterocycles. The van der Waals surface area contributed by atoms with Crippen LogP contribution in [-0.2, 0) is 16.1 Å². The summed E-state index contributed by atoms with van der Waals surface area (Å²) in [7, 11) is 1.87. The van der Waals surface area contributed by atoms with Crippen LogP contribution in [0.4, 0.5) is 5.69 Å². The van der Waals surface area contributed by atoms with E-state index in [4.69, 9.17) is 0 Å². The van der Waals surface area contributed by atoms with Gasteiger partial charge in [-0.25, -0.2) is 0 Å². The number of rotatable bonds is 3. The molecule has 1 fully saturated rings. The lowest BCUT2D eigenvalue weighted by Crippen LogP contribution is -2.31. The summed E-state index contributed by atoms with van der Waals surface area (Å²) < 4.78 is 0. The summed E-state index contributed by atoms with van der Waals surface area (Å²) in [5.41, 5.74) is 1.76. The number of nitrogens with one attached hydrogen (secondary N) is 1. The van der Waals surface area contributed by atoms with Crippen molar-refractivity contribution in [3.8, 4) is 0 Å². The molecule has 1 N–H and O–H groups in total. The molecule has 0 spiro atoms. The normalized spacial score (nSPS) is 25.1. The van der Waals surface area contributed by atoms with Gasteiger partial charge in [0.25, 0.3) is 0 Å². The summed E-state index contributed by atoms with van der Waals surface area (Å²) in [4.78, 5) is 26.3. The van der Waals surface area contributed by atoms with Gasteiger partial charge in [0.15, 0.2) is 0 Å². The quantitative estimate of drug-likeness (QED) is 0.673. The lowest BCUT2D eigenvalue weighted by molar-refractivity contribution is -0.122. The Morgan fingerprint density at radius 2 is 1.80 bits per heavy atom. The van der Waals surface area contributed by atoms with Crippen molar-refractivity contribution in [3.63, 3.8) is 0 Å². The zero-order chi connectivity index (χ0) is 14.1. The number of carbonyl (C=O) groups is 2. The van der Waals surface area contributed by atoms with Gasteiger partial charge in [-0.05, 0) is 37.6 Å². The molecule has 0 bridgehead atoms. The monoisotopic (exact) mass is 270 g/mol. The highest BCUT2D eigenvalue weighted by Crippen LogP contribution is 2.37. The van der Waals surface area contributed by atoms with Gasteiger partial charge in [-0.1, -0.05) is 24.3 Å². The van der Waals surface area contributed by atoms with Gasteiger partial charge in [0.2, 0.25) is 11.8 Å². The molecular formula is C16H18N2O2. The number of imide groups is 1. The molecule has 3 rings (SSSR count). The van der Waals surface area contributed by atoms with Gasteiger partial charge in [-0.3, -0.25) is 14.5 Å². The second-order valence-electron chi connectivity index (χ2n) is 5.37. The average molecular weight is 270 g/mol. The smallest absolute Gasteiger partial charge is 0.238 e. The number of benzene rings is 1. The standard InChI is InChI=1S/C16H18N2O2/c1-17-10-11-5-4-6-12(9-11)18-15(19)13-7-2-3-8-14(13)16(18)20/h2-6,9,13-14,17H,7-8,10H2,1H3. The first-order valence-corrected chi connectivity index (χ1v) is 6.98. The van der Waals surface area contributed by atoms with E-state index >= 15 is 0 Å². The maximum atomic E-state index is 12.5. The predicted octanol–water partition coefficient (Wildman–Crippen LogP) is 1.86. The van der Waals surface area contributed by atoms with E-state index in [1.54, 1.807) is 0 Å². The minimum Gasteiger partial charge on any atom is -0.316 e. The van der Waals surface area contributed by atoms with Crippen molar-refractivity contribution in [2.45, 2.75) is 19.4 Å². The van der Waals surface area contributed by atoms with E-state index in [2.05, 4.69) is 5.32 Å². The Balaban J connectivity index is 1.92. The number of hydrogen-bond donors (Lipinski definition) is 1. The van der Waals surface area contributed by atoms with Gasteiger partial charge < -0.3 is 5.32 Å². The van der Waals surface area contributed by atoms with Crippen molar-refractivity contribution in [1.29, 1.82) is 0 Å². The minimum atomic E-state index is -0.166. The molecule has 0 saturated carbocycles. The zero-order valence-electron chi connectivity index (χ0n) is 11.5. The highest BCUT2D eigenvalue weighted by atomic mass is 16.2. The third kappa shape index (κ3) is 2.06. The molecule has 1 aliphatic carbocycles. The van der Waals surface area contributed by atoms with Crippen molar-refractivity contribution in [3.05, 3.63) is 42.0 Å². The van der Waals surface area contributed by atoms with Crippen LogP contribution in [0.25, 0.3) is 0 Å². The van der Waals surface area contributed by atoms with Gasteiger partial charge in [0.1, 0.15) is 0 Å². The molecule has 2 aliphatic rings. The summed E-state index contributed by atoms with van der Waals surface area (Å²) in [6.45, 7) is 0.721. The van der Waals surface area contributed by atoms with Gasteiger partial charge in [-0.2, -0.15) is 0 Å². The van der Waals surface area contributed by atoms with Crippen LogP contribution in [0, 0.1) is 11.8 Å². The topological polar surface area (TPSA) is 49.4 Å². The third-order valence-electron chi connectivity index (χ3n) is 4.06. The highest BCUT2D eigenvalue weighted by molar-refractivity contribution is 6.22. The predicted molar refractivity (Wildman–Crippen MR) is 77.1 cm³/mol. The van der Waals surface area contributed by atoms with E-state index in [1.807, 2.05) is 43.5 Å². The molecule has 4 nitrogen and oxygen atoms in total. The van der Waals surface area contributed by atoms with Crippen molar-refractivity contribution >= 4 is 17.5 Å². The molecular weight excluding hydrogens is 252 g/mol. The van der Waals surface area contributed by atoms with Crippen LogP contribution in [-0.4, -0.2) is 18.9 Å². The second-order valence-corrected chi connectivity index (χ2v) is 5.37. The molecule has 2 unspecified atom stereocenters. The molecule has 2 atom stereocenters. The zero-order valence-corrected chi connectivity index (χ0v) is 11.5. The maximum absolute atomic E-state index is 12.5. The van der Waals surface area contributed by atoms with Gasteiger partial charge in [0, 0.05) is 6.54 Å². The molecule has 2 amide bonds. The molecule has 1 aromatic carbocycles. The number of nitrogens with zero attached hydrogens (tertiary/aromatic N) is 1. The number of fused-ring (bicyclic) bond motifs is 1. The first kappa shape index (κ1) is 13.1. The summed E-state index contributed by atoms with van der Waals surface area (Å²) >= 11 is 0. The number of carbonyl (C=O) groups excluding carboxylic acids is 2. The number of anilines is 1. The highest BCUT2D eigenvalue weighted by Gasteiger charge is 2.47. The molecule has 1 aliphatic heterocycles. The largest absolute Gasteiger partial charge is 0.316 e. The minimum absolute atomic E-state index is 0.0500. The molecule has 1 aromatic rings. The van der Waals surface area contributed by atoms with Crippen molar-refractivity contribution < 1.29 is 9.59 Å². The average Bonchev–Trinajstić information content (AvgIpc) is 2.72. The molecule has 0 radical (unpaired) electrons. The molecule has 4 heteroatoms. The summed E-state index contributed by atoms with van der Waals surface area (Å²) in [6.07, 6.45) is 5.38. The summed E-state index contributed by atoms with van der Waals surface area (Å²) in [5, 5.41) is 3.08. The fourth-order valence-corrected chi connectivity index (χ4v) is 3.06. The first-order valence-electron chi connectivity index (χ1n) is 6.98. The van der Waals surface area contributed by atoms with Crippen LogP contribution < -0.4 is 10.2 Å². The SMILES string of the molecule is CNCc1cccc(N2C(=O)C3CC=CCC3C2=O)c1. The summed E-state index contributed by atoms with van der Waals surface area (Å²) in [6, 6.07) is 7.62. The van der Waals surface area contributed by atoms with E-state index in [0.717, 1.165) is 12.1 Å². The van der Waals surface area contributed by atoms with Crippen molar-refractivity contribution in [1.82, 2.24) is 5.32 Å². The van der Waals surface area contributed by atoms with Gasteiger partial charge >= 0.3 is 0 Å². The Bertz CT molecular complexity index is 554. The number of hydrogen-bond acceptors (Lipinski definition) is 3. The number of allylic oxidation sites excluding steroid dienone is 2. The molecule has 104 valence electrons. The van der Waals surface area contributed by atoms with Crippen LogP contribution in [0.5, 0.6) is 0 Å². The van der Waals surface area contributed by atoms with Gasteiger partial charge in [0.05, 0.1) is 17.5 Å². The van der Waals surface area contributed by atoms with E-state index < -0.39 is 0 Å². The van der Waals surface area contributed by atoms with E-state index in [9.17, 15) is 9.59 Å². The molecule has 20 heavy (non-hydrogen) atoms. The Morgan fingerprint density at radius 1 is 1.15 bits per heavy atom. The lowest BCUT2D eigenvalue weighted by Gasteiger charge is -2.15. The van der Waals surface area contributed by atoms with Crippen LogP contribution in [0.1, 0.15) is 18.4 Å². The van der Waals surface area contributed by atoms with Crippen molar-refractivity contribution in [2.75, 3.05) is 11.9 Å². The molecule has 1 heterocycles. The van der Waals surface area contributed by atoms with Crippen LogP contribution in [0.2, 0.25) is 0 Å². The second kappa shape index (κ2) is 5.21. The van der Waals surface area contributed by atoms with Crippen LogP contribution >= 0.6 is 0 Å². The third-order valence-corrected chi connectivity index (χ3v) is 4.06. The maximum Gasteiger partial charge on any atom is 0.238 e. The number of amides is 2. The lowest BCUT2D eigenvalue weighted by atomic mass is 9.85. The molecule has 0 aromatic heterocycles. The Kier molecular flexibility index (Phi) is 3.40. The Hall–Kier alpha value is -1.94. The Morgan fingerprint density at radius 3 is 2.40 bits per heavy atom. The van der Waals surface area contributed by atoms with Crippen LogP contribution in [0.15, 0.2) is 36.4 Å². The fraction of sp³-hybridized carbons (Fsp3) is 0.375. The van der Waals surface area contributed by atoms with Gasteiger partial charge in [-0.15, -0.1) is 0 Å². The van der Waals surface area contributed by atoms with Crippen molar-refractivity contribution in [2.24, 2.45) is 11.8 Å². The van der Waals surface area contributed by atoms with E-state index in [-0.39, 0.29) is 23.7 Å². The fourth-order valence-electron chi connectivity index (χ4n) is 3.06. The van der Waals surface area contributed by atoms with E-state index in [1.165, 1.54) is 4.90 Å². The Labute approximate surface area is 118 Å².